The number of hydrogen-bond donors (Lipinski definition) is 2. The first-order valence-corrected chi connectivity index (χ1v) is 11.8. The Bertz CT molecular complexity index is 1130. The molecule has 196 valence electrons. The van der Waals surface area contributed by atoms with Crippen molar-refractivity contribution in [1.29, 1.82) is 0 Å². The molecule has 1 atom stereocenters. The number of nitrogens with one attached hydrogen (secondary N) is 2. The van der Waals surface area contributed by atoms with E-state index in [-0.39, 0.29) is 16.7 Å². The van der Waals surface area contributed by atoms with Gasteiger partial charge in [0.15, 0.2) is 5.82 Å². The minimum atomic E-state index is -4.75. The Labute approximate surface area is 215 Å². The Hall–Kier alpha value is -2.44. The van der Waals surface area contributed by atoms with Crippen LogP contribution in [-0.4, -0.2) is 43.5 Å². The van der Waals surface area contributed by atoms with Gasteiger partial charge in [-0.05, 0) is 41.6 Å². The normalized spacial score (nSPS) is 13.1. The summed E-state index contributed by atoms with van der Waals surface area (Å²) in [6, 6.07) is 5.71. The summed E-state index contributed by atoms with van der Waals surface area (Å²) in [5.41, 5.74) is -0.0276. The molecular formula is C22H17Cl2F7N2O2S. The molecule has 0 aliphatic carbocycles. The summed E-state index contributed by atoms with van der Waals surface area (Å²) >= 11 is 12.4. The maximum absolute atomic E-state index is 13.7. The van der Waals surface area contributed by atoms with Crippen LogP contribution in [0.3, 0.4) is 0 Å². The van der Waals surface area contributed by atoms with Crippen LogP contribution in [0, 0.1) is 5.82 Å². The molecular weight excluding hydrogens is 560 g/mol. The van der Waals surface area contributed by atoms with Gasteiger partial charge in [-0.15, -0.1) is 11.8 Å². The van der Waals surface area contributed by atoms with E-state index in [0.717, 1.165) is 36.0 Å². The molecule has 2 amide bonds. The first kappa shape index (κ1) is 29.8. The highest BCUT2D eigenvalue weighted by Crippen LogP contribution is 2.39. The van der Waals surface area contributed by atoms with Crippen molar-refractivity contribution in [2.75, 3.05) is 19.3 Å². The number of allylic oxidation sites excluding steroid dienone is 1. The number of rotatable bonds is 8. The minimum Gasteiger partial charge on any atom is -0.345 e. The highest BCUT2D eigenvalue weighted by atomic mass is 35.5. The maximum Gasteiger partial charge on any atom is 0.405 e. The van der Waals surface area contributed by atoms with Gasteiger partial charge >= 0.3 is 12.4 Å². The second-order valence-corrected chi connectivity index (χ2v) is 8.87. The molecule has 0 radical (unpaired) electrons. The van der Waals surface area contributed by atoms with Crippen molar-refractivity contribution in [2.24, 2.45) is 0 Å². The topological polar surface area (TPSA) is 58.2 Å². The van der Waals surface area contributed by atoms with Crippen LogP contribution in [0.25, 0.3) is 6.08 Å². The van der Waals surface area contributed by atoms with Crippen molar-refractivity contribution >= 4 is 52.9 Å². The van der Waals surface area contributed by atoms with Crippen molar-refractivity contribution < 1.29 is 40.3 Å². The molecule has 4 nitrogen and oxygen atoms in total. The SMILES string of the molecule is CSc1cc(/C=C/C(c2cc(Cl)c(F)c(Cl)c2)C(F)(F)F)ccc1C(=O)NCC(=O)NCC(F)(F)F. The minimum absolute atomic E-state index is 0.0627. The smallest absolute Gasteiger partial charge is 0.345 e. The van der Waals surface area contributed by atoms with Crippen LogP contribution < -0.4 is 10.6 Å². The van der Waals surface area contributed by atoms with E-state index < -0.39 is 59.0 Å². The Morgan fingerprint density at radius 2 is 1.64 bits per heavy atom. The molecule has 2 rings (SSSR count). The Morgan fingerprint density at radius 3 is 2.17 bits per heavy atom. The van der Waals surface area contributed by atoms with E-state index in [9.17, 15) is 40.3 Å². The molecule has 0 aliphatic heterocycles. The van der Waals surface area contributed by atoms with Gasteiger partial charge in [0.05, 0.1) is 28.1 Å². The number of amides is 2. The van der Waals surface area contributed by atoms with Crippen LogP contribution in [0.5, 0.6) is 0 Å². The van der Waals surface area contributed by atoms with Crippen molar-refractivity contribution in [3.05, 3.63) is 69.0 Å². The zero-order valence-electron chi connectivity index (χ0n) is 18.2. The Balaban J connectivity index is 2.21. The number of thioether (sulfide) groups is 1. The molecule has 0 heterocycles. The largest absolute Gasteiger partial charge is 0.405 e. The standard InChI is InChI=1S/C22H17Cl2F7N2O2S/c1-36-17-6-11(2-4-13(17)20(35)32-9-18(34)33-10-21(26,27)28)3-5-14(22(29,30)31)12-7-15(23)19(25)16(24)8-12/h2-8,14H,9-10H2,1H3,(H,32,35)(H,33,34)/b5-3+. The average molecular weight is 577 g/mol. The van der Waals surface area contributed by atoms with Gasteiger partial charge in [-0.25, -0.2) is 4.39 Å². The third-order valence-corrected chi connectivity index (χ3v) is 5.89. The van der Waals surface area contributed by atoms with Crippen molar-refractivity contribution in [1.82, 2.24) is 10.6 Å². The summed E-state index contributed by atoms with van der Waals surface area (Å²) in [5.74, 6) is -5.02. The molecule has 0 fully saturated rings. The first-order valence-electron chi connectivity index (χ1n) is 9.81. The quantitative estimate of drug-likeness (QED) is 0.211. The third-order valence-electron chi connectivity index (χ3n) is 4.56. The van der Waals surface area contributed by atoms with Gasteiger partial charge < -0.3 is 10.6 Å². The first-order chi connectivity index (χ1) is 16.6. The lowest BCUT2D eigenvalue weighted by atomic mass is 9.96. The predicted octanol–water partition coefficient (Wildman–Crippen LogP) is 6.62. The average Bonchev–Trinajstić information content (AvgIpc) is 2.78. The Morgan fingerprint density at radius 1 is 1.03 bits per heavy atom. The van der Waals surface area contributed by atoms with Crippen LogP contribution >= 0.6 is 35.0 Å². The summed E-state index contributed by atoms with van der Waals surface area (Å²) < 4.78 is 91.1. The molecule has 2 N–H and O–H groups in total. The second kappa shape index (κ2) is 12.2. The highest BCUT2D eigenvalue weighted by molar-refractivity contribution is 7.98. The number of carbonyl (C=O) groups excluding carboxylic acids is 2. The number of alkyl halides is 6. The molecule has 0 saturated heterocycles. The summed E-state index contributed by atoms with van der Waals surface area (Å²) in [6.07, 6.45) is -5.79. The molecule has 0 aromatic heterocycles. The molecule has 0 bridgehead atoms. The van der Waals surface area contributed by atoms with E-state index in [1.165, 1.54) is 18.2 Å². The van der Waals surface area contributed by atoms with Crippen molar-refractivity contribution in [3.63, 3.8) is 0 Å². The molecule has 1 unspecified atom stereocenters. The lowest BCUT2D eigenvalue weighted by Gasteiger charge is -2.18. The number of halogens is 9. The molecule has 2 aromatic rings. The van der Waals surface area contributed by atoms with Gasteiger partial charge in [0.2, 0.25) is 5.91 Å². The maximum atomic E-state index is 13.7. The van der Waals surface area contributed by atoms with E-state index >= 15 is 0 Å². The zero-order chi connectivity index (χ0) is 27.3. The third kappa shape index (κ3) is 8.59. The van der Waals surface area contributed by atoms with E-state index in [1.807, 2.05) is 0 Å². The van der Waals surface area contributed by atoms with Gasteiger partial charge in [0.1, 0.15) is 6.54 Å². The van der Waals surface area contributed by atoms with E-state index in [0.29, 0.717) is 4.90 Å². The fraction of sp³-hybridized carbons (Fsp3) is 0.273. The lowest BCUT2D eigenvalue weighted by molar-refractivity contribution is -0.139. The van der Waals surface area contributed by atoms with Gasteiger partial charge in [-0.2, -0.15) is 26.3 Å². The number of hydrogen-bond acceptors (Lipinski definition) is 3. The lowest BCUT2D eigenvalue weighted by Crippen LogP contribution is -2.41. The molecule has 14 heteroatoms. The van der Waals surface area contributed by atoms with Crippen molar-refractivity contribution in [2.45, 2.75) is 23.2 Å². The van der Waals surface area contributed by atoms with Gasteiger partial charge in [-0.1, -0.05) is 41.4 Å². The van der Waals surface area contributed by atoms with Gasteiger partial charge in [-0.3, -0.25) is 9.59 Å². The Kier molecular flexibility index (Phi) is 10.1. The fourth-order valence-corrected chi connectivity index (χ4v) is 4.03. The van der Waals surface area contributed by atoms with Crippen LogP contribution in [0.4, 0.5) is 30.7 Å². The molecule has 0 saturated carbocycles. The molecule has 0 spiro atoms. The number of carbonyl (C=O) groups is 2. The number of benzene rings is 2. The van der Waals surface area contributed by atoms with Crippen LogP contribution in [0.2, 0.25) is 10.0 Å². The van der Waals surface area contributed by atoms with Crippen LogP contribution in [0.15, 0.2) is 41.3 Å². The van der Waals surface area contributed by atoms with Crippen molar-refractivity contribution in [3.8, 4) is 0 Å². The zero-order valence-corrected chi connectivity index (χ0v) is 20.5. The van der Waals surface area contributed by atoms with E-state index in [4.69, 9.17) is 23.2 Å². The van der Waals surface area contributed by atoms with Crippen LogP contribution in [0.1, 0.15) is 27.4 Å². The molecule has 0 aliphatic rings. The van der Waals surface area contributed by atoms with Gasteiger partial charge in [0, 0.05) is 4.90 Å². The summed E-state index contributed by atoms with van der Waals surface area (Å²) in [5, 5.41) is 2.66. The second-order valence-electron chi connectivity index (χ2n) is 7.21. The molecule has 2 aromatic carbocycles. The van der Waals surface area contributed by atoms with Gasteiger partial charge in [0.25, 0.3) is 5.91 Å². The summed E-state index contributed by atoms with van der Waals surface area (Å²) in [4.78, 5) is 24.2. The van der Waals surface area contributed by atoms with E-state index in [1.54, 1.807) is 11.6 Å². The monoisotopic (exact) mass is 576 g/mol. The van der Waals surface area contributed by atoms with Crippen LogP contribution in [-0.2, 0) is 4.79 Å². The molecule has 36 heavy (non-hydrogen) atoms. The fourth-order valence-electron chi connectivity index (χ4n) is 2.89. The summed E-state index contributed by atoms with van der Waals surface area (Å²) in [6.45, 7) is -2.26. The van der Waals surface area contributed by atoms with E-state index in [2.05, 4.69) is 5.32 Å². The summed E-state index contributed by atoms with van der Waals surface area (Å²) in [7, 11) is 0. The highest BCUT2D eigenvalue weighted by Gasteiger charge is 2.39. The predicted molar refractivity (Wildman–Crippen MR) is 124 cm³/mol.